The fourth-order valence-corrected chi connectivity index (χ4v) is 2.11. The molecule has 3 N–H and O–H groups in total. The fourth-order valence-electron chi connectivity index (χ4n) is 2.11. The Bertz CT molecular complexity index is 956. The van der Waals surface area contributed by atoms with Crippen molar-refractivity contribution in [3.05, 3.63) is 70.5 Å². The second-order valence-electron chi connectivity index (χ2n) is 5.21. The van der Waals surface area contributed by atoms with Gasteiger partial charge in [0.1, 0.15) is 11.5 Å². The van der Waals surface area contributed by atoms with E-state index in [1.165, 1.54) is 36.5 Å². The summed E-state index contributed by atoms with van der Waals surface area (Å²) in [6.45, 7) is 0. The molecule has 0 aliphatic carbocycles. The predicted molar refractivity (Wildman–Crippen MR) is 95.1 cm³/mol. The van der Waals surface area contributed by atoms with E-state index in [1.807, 2.05) is 0 Å². The summed E-state index contributed by atoms with van der Waals surface area (Å²) in [5, 5.41) is 33.5. The van der Waals surface area contributed by atoms with Gasteiger partial charge in [-0.25, -0.2) is 15.4 Å². The first-order valence-corrected chi connectivity index (χ1v) is 7.41. The predicted octanol–water partition coefficient (Wildman–Crippen LogP) is 2.91. The lowest BCUT2D eigenvalue weighted by molar-refractivity contribution is -0.384. The molecule has 2 aromatic carbocycles. The maximum absolute atomic E-state index is 10.7. The molecule has 0 saturated carbocycles. The van der Waals surface area contributed by atoms with Gasteiger partial charge in [-0.15, -0.1) is 0 Å². The molecule has 0 amide bonds. The summed E-state index contributed by atoms with van der Waals surface area (Å²) in [5.74, 6) is 0.0907. The van der Waals surface area contributed by atoms with Gasteiger partial charge in [0.25, 0.3) is 5.69 Å². The second-order valence-corrected chi connectivity index (χ2v) is 5.21. The van der Waals surface area contributed by atoms with E-state index in [2.05, 4.69) is 20.5 Å². The van der Waals surface area contributed by atoms with Crippen molar-refractivity contribution in [1.29, 1.82) is 0 Å². The van der Waals surface area contributed by atoms with E-state index in [0.29, 0.717) is 11.1 Å². The van der Waals surface area contributed by atoms with Crippen LogP contribution in [-0.4, -0.2) is 31.3 Å². The molecule has 0 fully saturated rings. The number of rotatable bonds is 5. The van der Waals surface area contributed by atoms with Crippen molar-refractivity contribution in [1.82, 2.24) is 9.97 Å². The van der Waals surface area contributed by atoms with Gasteiger partial charge >= 0.3 is 0 Å². The molecular weight excluding hydrogens is 338 g/mol. The summed E-state index contributed by atoms with van der Waals surface area (Å²) in [6, 6.07) is 10.2. The molecule has 0 bridgehead atoms. The van der Waals surface area contributed by atoms with Crippen LogP contribution in [0.2, 0.25) is 0 Å². The van der Waals surface area contributed by atoms with Gasteiger partial charge in [0.15, 0.2) is 0 Å². The Hall–Kier alpha value is -4.01. The Balaban J connectivity index is 1.67. The van der Waals surface area contributed by atoms with Crippen molar-refractivity contribution in [3.8, 4) is 22.6 Å². The van der Waals surface area contributed by atoms with Crippen LogP contribution >= 0.6 is 0 Å². The van der Waals surface area contributed by atoms with Gasteiger partial charge in [0, 0.05) is 41.7 Å². The largest absolute Gasteiger partial charge is 0.508 e. The van der Waals surface area contributed by atoms with E-state index in [9.17, 15) is 20.3 Å². The number of hydrazone groups is 1. The number of anilines is 1. The molecule has 130 valence electrons. The van der Waals surface area contributed by atoms with Crippen molar-refractivity contribution in [2.75, 3.05) is 5.43 Å². The van der Waals surface area contributed by atoms with Gasteiger partial charge < -0.3 is 10.2 Å². The van der Waals surface area contributed by atoms with Gasteiger partial charge in [-0.3, -0.25) is 10.1 Å². The van der Waals surface area contributed by atoms with Crippen LogP contribution in [0.15, 0.2) is 60.0 Å². The smallest absolute Gasteiger partial charge is 0.269 e. The summed E-state index contributed by atoms with van der Waals surface area (Å²) < 4.78 is 0. The molecule has 0 spiro atoms. The third kappa shape index (κ3) is 3.90. The summed E-state index contributed by atoms with van der Waals surface area (Å²) in [4.78, 5) is 18.4. The SMILES string of the molecule is O=[N+]([O-])c1ccc(-c2cnc(N/N=C/c3ccc(O)cc3O)nc2)cc1. The molecule has 0 aliphatic heterocycles. The topological polar surface area (TPSA) is 134 Å². The molecule has 3 aromatic rings. The van der Waals surface area contributed by atoms with E-state index in [1.54, 1.807) is 24.5 Å². The molecule has 26 heavy (non-hydrogen) atoms. The highest BCUT2D eigenvalue weighted by molar-refractivity contribution is 5.84. The number of nitro benzene ring substituents is 1. The number of benzene rings is 2. The normalized spacial score (nSPS) is 10.8. The number of non-ortho nitro benzene ring substituents is 1. The third-order valence-electron chi connectivity index (χ3n) is 3.45. The highest BCUT2D eigenvalue weighted by Gasteiger charge is 2.06. The first-order valence-electron chi connectivity index (χ1n) is 7.41. The van der Waals surface area contributed by atoms with Gasteiger partial charge in [-0.2, -0.15) is 5.10 Å². The van der Waals surface area contributed by atoms with E-state index in [4.69, 9.17) is 0 Å². The van der Waals surface area contributed by atoms with E-state index in [0.717, 1.165) is 5.56 Å². The molecule has 0 atom stereocenters. The molecule has 9 nitrogen and oxygen atoms in total. The Kier molecular flexibility index (Phi) is 4.70. The minimum atomic E-state index is -0.461. The number of aromatic hydroxyl groups is 2. The van der Waals surface area contributed by atoms with Crippen molar-refractivity contribution in [2.45, 2.75) is 0 Å². The maximum atomic E-state index is 10.7. The summed E-state index contributed by atoms with van der Waals surface area (Å²) in [7, 11) is 0. The average Bonchev–Trinajstić information content (AvgIpc) is 2.64. The standard InChI is InChI=1S/C17H13N5O4/c23-15-6-3-12(16(24)7-15)10-20-21-17-18-8-13(9-19-17)11-1-4-14(5-2-11)22(25)26/h1-10,23-24H,(H,18,19,21)/b20-10+. The molecule has 9 heteroatoms. The summed E-state index contributed by atoms with van der Waals surface area (Å²) in [6.07, 6.45) is 4.48. The molecular formula is C17H13N5O4. The van der Waals surface area contributed by atoms with Crippen molar-refractivity contribution in [2.24, 2.45) is 5.10 Å². The van der Waals surface area contributed by atoms with Gasteiger partial charge in [-0.05, 0) is 29.8 Å². The van der Waals surface area contributed by atoms with Crippen LogP contribution in [-0.2, 0) is 0 Å². The van der Waals surface area contributed by atoms with E-state index in [-0.39, 0.29) is 23.1 Å². The van der Waals surface area contributed by atoms with E-state index < -0.39 is 4.92 Å². The first kappa shape index (κ1) is 16.8. The molecule has 1 aromatic heterocycles. The minimum absolute atomic E-state index is 0.0137. The molecule has 0 radical (unpaired) electrons. The zero-order valence-electron chi connectivity index (χ0n) is 13.3. The van der Waals surface area contributed by atoms with Gasteiger partial charge in [0.2, 0.25) is 5.95 Å². The van der Waals surface area contributed by atoms with Crippen LogP contribution < -0.4 is 5.43 Å². The first-order chi connectivity index (χ1) is 12.5. The summed E-state index contributed by atoms with van der Waals surface area (Å²) >= 11 is 0. The lowest BCUT2D eigenvalue weighted by Gasteiger charge is -2.03. The lowest BCUT2D eigenvalue weighted by Crippen LogP contribution is -1.97. The van der Waals surface area contributed by atoms with Crippen LogP contribution in [0.5, 0.6) is 11.5 Å². The van der Waals surface area contributed by atoms with Crippen LogP contribution in [0, 0.1) is 10.1 Å². The third-order valence-corrected chi connectivity index (χ3v) is 3.45. The highest BCUT2D eigenvalue weighted by Crippen LogP contribution is 2.22. The Labute approximate surface area is 147 Å². The van der Waals surface area contributed by atoms with E-state index >= 15 is 0 Å². The number of nitro groups is 1. The number of phenolic OH excluding ortho intramolecular Hbond substituents is 2. The number of nitrogens with zero attached hydrogens (tertiary/aromatic N) is 4. The number of hydrogen-bond acceptors (Lipinski definition) is 8. The zero-order valence-corrected chi connectivity index (χ0v) is 13.3. The molecule has 3 rings (SSSR count). The number of nitrogens with one attached hydrogen (secondary N) is 1. The Morgan fingerprint density at radius 2 is 1.73 bits per heavy atom. The van der Waals surface area contributed by atoms with Crippen LogP contribution in [0.3, 0.4) is 0 Å². The second kappa shape index (κ2) is 7.26. The van der Waals surface area contributed by atoms with Crippen LogP contribution in [0.1, 0.15) is 5.56 Å². The van der Waals surface area contributed by atoms with Gasteiger partial charge in [-0.1, -0.05) is 0 Å². The Morgan fingerprint density at radius 3 is 2.35 bits per heavy atom. The fraction of sp³-hybridized carbons (Fsp3) is 0. The quantitative estimate of drug-likeness (QED) is 0.365. The molecule has 0 saturated heterocycles. The molecule has 1 heterocycles. The van der Waals surface area contributed by atoms with Crippen LogP contribution in [0.4, 0.5) is 11.6 Å². The number of phenols is 2. The molecule has 0 aliphatic rings. The lowest BCUT2D eigenvalue weighted by atomic mass is 10.1. The molecule has 0 unspecified atom stereocenters. The van der Waals surface area contributed by atoms with Crippen molar-refractivity contribution < 1.29 is 15.1 Å². The Morgan fingerprint density at radius 1 is 1.04 bits per heavy atom. The number of aromatic nitrogens is 2. The van der Waals surface area contributed by atoms with Crippen molar-refractivity contribution in [3.63, 3.8) is 0 Å². The zero-order chi connectivity index (χ0) is 18.5. The number of hydrogen-bond donors (Lipinski definition) is 3. The average molecular weight is 351 g/mol. The highest BCUT2D eigenvalue weighted by atomic mass is 16.6. The van der Waals surface area contributed by atoms with Crippen molar-refractivity contribution >= 4 is 17.9 Å². The van der Waals surface area contributed by atoms with Gasteiger partial charge in [0.05, 0.1) is 11.1 Å². The summed E-state index contributed by atoms with van der Waals surface area (Å²) in [5.41, 5.74) is 4.50. The minimum Gasteiger partial charge on any atom is -0.508 e. The van der Waals surface area contributed by atoms with Crippen LogP contribution in [0.25, 0.3) is 11.1 Å². The maximum Gasteiger partial charge on any atom is 0.269 e. The monoisotopic (exact) mass is 351 g/mol.